The van der Waals surface area contributed by atoms with Gasteiger partial charge in [-0.3, -0.25) is 4.79 Å². The summed E-state index contributed by atoms with van der Waals surface area (Å²) in [6.07, 6.45) is 0. The van der Waals surface area contributed by atoms with Crippen LogP contribution in [-0.2, 0) is 0 Å². The molecule has 0 unspecified atom stereocenters. The van der Waals surface area contributed by atoms with Gasteiger partial charge in [0.1, 0.15) is 5.82 Å². The Kier molecular flexibility index (Phi) is 3.59. The van der Waals surface area contributed by atoms with Gasteiger partial charge in [0, 0.05) is 15.4 Å². The first-order chi connectivity index (χ1) is 8.16. The number of hydrogen-bond donors (Lipinski definition) is 0. The Bertz CT molecular complexity index is 537. The summed E-state index contributed by atoms with van der Waals surface area (Å²) in [5.74, 6) is -0.504. The molecule has 0 saturated heterocycles. The van der Waals surface area contributed by atoms with E-state index in [0.717, 1.165) is 9.79 Å². The molecule has 17 heavy (non-hydrogen) atoms. The quantitative estimate of drug-likeness (QED) is 0.756. The molecule has 3 heteroatoms. The van der Waals surface area contributed by atoms with Crippen molar-refractivity contribution < 1.29 is 9.18 Å². The number of rotatable bonds is 3. The Hall–Kier alpha value is -1.61. The first-order valence-electron chi connectivity index (χ1n) is 5.20. The maximum atomic E-state index is 13.1. The Labute approximate surface area is 104 Å². The predicted octanol–water partition coefficient (Wildman–Crippen LogP) is 4.18. The molecule has 0 aliphatic heterocycles. The van der Waals surface area contributed by atoms with Gasteiger partial charge in [0.15, 0.2) is 5.78 Å². The standard InChI is InChI=1S/C14H11FOS/c1-10(16)13-9-11(15)7-8-14(13)17-12-5-3-2-4-6-12/h2-9H,1H3. The fraction of sp³-hybridized carbons (Fsp3) is 0.0714. The molecule has 0 spiro atoms. The van der Waals surface area contributed by atoms with Gasteiger partial charge in [-0.15, -0.1) is 0 Å². The van der Waals surface area contributed by atoms with E-state index >= 15 is 0 Å². The zero-order chi connectivity index (χ0) is 12.3. The summed E-state index contributed by atoms with van der Waals surface area (Å²) < 4.78 is 13.1. The lowest BCUT2D eigenvalue weighted by molar-refractivity contribution is 0.101. The van der Waals surface area contributed by atoms with Gasteiger partial charge < -0.3 is 0 Å². The Morgan fingerprint density at radius 1 is 1.12 bits per heavy atom. The maximum Gasteiger partial charge on any atom is 0.161 e. The molecule has 1 nitrogen and oxygen atoms in total. The second-order valence-electron chi connectivity index (χ2n) is 3.61. The molecular weight excluding hydrogens is 235 g/mol. The van der Waals surface area contributed by atoms with Crippen molar-refractivity contribution in [3.05, 3.63) is 59.9 Å². The molecule has 0 saturated carbocycles. The van der Waals surface area contributed by atoms with E-state index in [9.17, 15) is 9.18 Å². The molecule has 0 bridgehead atoms. The number of carbonyl (C=O) groups excluding carboxylic acids is 1. The summed E-state index contributed by atoms with van der Waals surface area (Å²) in [5, 5.41) is 0. The van der Waals surface area contributed by atoms with Crippen molar-refractivity contribution in [3.8, 4) is 0 Å². The van der Waals surface area contributed by atoms with Crippen LogP contribution in [0, 0.1) is 5.82 Å². The number of benzene rings is 2. The number of halogens is 1. The first-order valence-corrected chi connectivity index (χ1v) is 6.02. The zero-order valence-corrected chi connectivity index (χ0v) is 10.1. The van der Waals surface area contributed by atoms with Crippen LogP contribution in [0.3, 0.4) is 0 Å². The smallest absolute Gasteiger partial charge is 0.161 e. The summed E-state index contributed by atoms with van der Waals surface area (Å²) in [4.78, 5) is 13.2. The third kappa shape index (κ3) is 2.94. The summed E-state index contributed by atoms with van der Waals surface area (Å²) in [7, 11) is 0. The van der Waals surface area contributed by atoms with Gasteiger partial charge in [0.25, 0.3) is 0 Å². The van der Waals surface area contributed by atoms with Crippen LogP contribution in [0.25, 0.3) is 0 Å². The monoisotopic (exact) mass is 246 g/mol. The lowest BCUT2D eigenvalue weighted by Crippen LogP contribution is -1.96. The summed E-state index contributed by atoms with van der Waals surface area (Å²) in [6.45, 7) is 1.45. The van der Waals surface area contributed by atoms with Crippen LogP contribution in [-0.4, -0.2) is 5.78 Å². The minimum Gasteiger partial charge on any atom is -0.294 e. The van der Waals surface area contributed by atoms with Crippen LogP contribution in [0.5, 0.6) is 0 Å². The van der Waals surface area contributed by atoms with Crippen molar-refractivity contribution in [2.45, 2.75) is 16.7 Å². The molecule has 0 aromatic heterocycles. The van der Waals surface area contributed by atoms with E-state index in [1.807, 2.05) is 30.3 Å². The normalized spacial score (nSPS) is 10.2. The summed E-state index contributed by atoms with van der Waals surface area (Å²) >= 11 is 1.46. The Morgan fingerprint density at radius 3 is 2.47 bits per heavy atom. The van der Waals surface area contributed by atoms with Crippen molar-refractivity contribution in [3.63, 3.8) is 0 Å². The molecule has 0 aliphatic rings. The van der Waals surface area contributed by atoms with Crippen LogP contribution in [0.2, 0.25) is 0 Å². The highest BCUT2D eigenvalue weighted by Gasteiger charge is 2.09. The molecular formula is C14H11FOS. The second kappa shape index (κ2) is 5.15. The highest BCUT2D eigenvalue weighted by molar-refractivity contribution is 7.99. The molecule has 0 heterocycles. The molecule has 2 rings (SSSR count). The van der Waals surface area contributed by atoms with Crippen molar-refractivity contribution in [1.82, 2.24) is 0 Å². The predicted molar refractivity (Wildman–Crippen MR) is 67.0 cm³/mol. The fourth-order valence-electron chi connectivity index (χ4n) is 1.48. The highest BCUT2D eigenvalue weighted by atomic mass is 32.2. The van der Waals surface area contributed by atoms with E-state index in [0.29, 0.717) is 5.56 Å². The van der Waals surface area contributed by atoms with E-state index in [2.05, 4.69) is 0 Å². The van der Waals surface area contributed by atoms with Crippen LogP contribution in [0.4, 0.5) is 4.39 Å². The molecule has 86 valence electrons. The van der Waals surface area contributed by atoms with Gasteiger partial charge in [-0.2, -0.15) is 0 Å². The van der Waals surface area contributed by atoms with E-state index in [1.54, 1.807) is 6.07 Å². The van der Waals surface area contributed by atoms with Gasteiger partial charge in [0.2, 0.25) is 0 Å². The molecule has 0 amide bonds. The average Bonchev–Trinajstić information content (AvgIpc) is 2.32. The summed E-state index contributed by atoms with van der Waals surface area (Å²) in [6, 6.07) is 14.0. The van der Waals surface area contributed by atoms with Crippen LogP contribution < -0.4 is 0 Å². The molecule has 2 aromatic carbocycles. The summed E-state index contributed by atoms with van der Waals surface area (Å²) in [5.41, 5.74) is 0.429. The molecule has 0 N–H and O–H groups in total. The molecule has 2 aromatic rings. The molecule has 0 radical (unpaired) electrons. The molecule has 0 fully saturated rings. The number of carbonyl (C=O) groups is 1. The zero-order valence-electron chi connectivity index (χ0n) is 9.31. The lowest BCUT2D eigenvalue weighted by atomic mass is 10.1. The van der Waals surface area contributed by atoms with Crippen LogP contribution in [0.1, 0.15) is 17.3 Å². The number of ketones is 1. The van der Waals surface area contributed by atoms with Crippen molar-refractivity contribution in [2.24, 2.45) is 0 Å². The van der Waals surface area contributed by atoms with E-state index in [4.69, 9.17) is 0 Å². The van der Waals surface area contributed by atoms with E-state index in [1.165, 1.54) is 30.8 Å². The van der Waals surface area contributed by atoms with Crippen LogP contribution in [0.15, 0.2) is 58.3 Å². The molecule has 0 aliphatic carbocycles. The van der Waals surface area contributed by atoms with Gasteiger partial charge >= 0.3 is 0 Å². The van der Waals surface area contributed by atoms with E-state index < -0.39 is 0 Å². The Morgan fingerprint density at radius 2 is 1.82 bits per heavy atom. The topological polar surface area (TPSA) is 17.1 Å². The number of Topliss-reactive ketones (excluding diaryl/α,β-unsaturated/α-hetero) is 1. The fourth-order valence-corrected chi connectivity index (χ4v) is 2.48. The van der Waals surface area contributed by atoms with Crippen molar-refractivity contribution in [2.75, 3.05) is 0 Å². The Balaban J connectivity index is 2.36. The van der Waals surface area contributed by atoms with Crippen molar-refractivity contribution in [1.29, 1.82) is 0 Å². The largest absolute Gasteiger partial charge is 0.294 e. The van der Waals surface area contributed by atoms with Gasteiger partial charge in [-0.1, -0.05) is 30.0 Å². The average molecular weight is 246 g/mol. The minimum atomic E-state index is -0.382. The number of hydrogen-bond acceptors (Lipinski definition) is 2. The SMILES string of the molecule is CC(=O)c1cc(F)ccc1Sc1ccccc1. The van der Waals surface area contributed by atoms with Gasteiger partial charge in [-0.25, -0.2) is 4.39 Å². The second-order valence-corrected chi connectivity index (χ2v) is 4.73. The highest BCUT2D eigenvalue weighted by Crippen LogP contribution is 2.30. The third-order valence-electron chi connectivity index (χ3n) is 2.29. The minimum absolute atomic E-state index is 0.122. The van der Waals surface area contributed by atoms with Crippen LogP contribution >= 0.6 is 11.8 Å². The van der Waals surface area contributed by atoms with Gasteiger partial charge in [0.05, 0.1) is 0 Å². The van der Waals surface area contributed by atoms with Gasteiger partial charge in [-0.05, 0) is 37.3 Å². The molecule has 0 atom stereocenters. The van der Waals surface area contributed by atoms with E-state index in [-0.39, 0.29) is 11.6 Å². The van der Waals surface area contributed by atoms with Crippen molar-refractivity contribution >= 4 is 17.5 Å². The maximum absolute atomic E-state index is 13.1. The third-order valence-corrected chi connectivity index (χ3v) is 3.38. The first kappa shape index (κ1) is 11.9. The lowest BCUT2D eigenvalue weighted by Gasteiger charge is -2.06.